The predicted octanol–water partition coefficient (Wildman–Crippen LogP) is 3.19. The van der Waals surface area contributed by atoms with Crippen LogP contribution in [0.15, 0.2) is 39.9 Å². The van der Waals surface area contributed by atoms with Crippen molar-refractivity contribution >= 4 is 5.96 Å². The summed E-state index contributed by atoms with van der Waals surface area (Å²) >= 11 is 0. The number of guanidine groups is 1. The lowest BCUT2D eigenvalue weighted by Crippen LogP contribution is -2.42. The number of aryl methyl sites for hydroxylation is 1. The average molecular weight is 370 g/mol. The Hall–Kier alpha value is -2.34. The van der Waals surface area contributed by atoms with Crippen LogP contribution in [0.1, 0.15) is 36.9 Å². The van der Waals surface area contributed by atoms with E-state index in [4.69, 9.17) is 4.42 Å². The van der Waals surface area contributed by atoms with Crippen molar-refractivity contribution < 1.29 is 4.42 Å². The molecule has 1 aliphatic rings. The van der Waals surface area contributed by atoms with E-state index >= 15 is 0 Å². The molecule has 146 valence electrons. The van der Waals surface area contributed by atoms with Gasteiger partial charge in [-0.2, -0.15) is 0 Å². The molecule has 0 spiro atoms. The van der Waals surface area contributed by atoms with Gasteiger partial charge in [-0.3, -0.25) is 4.99 Å². The number of hydrogen-bond acceptors (Lipinski definition) is 4. The van der Waals surface area contributed by atoms with Crippen molar-refractivity contribution in [1.29, 1.82) is 0 Å². The van der Waals surface area contributed by atoms with Crippen LogP contribution in [0.3, 0.4) is 0 Å². The van der Waals surface area contributed by atoms with Gasteiger partial charge in [-0.15, -0.1) is 0 Å². The quantitative estimate of drug-likeness (QED) is 0.580. The van der Waals surface area contributed by atoms with Gasteiger partial charge in [0.05, 0.1) is 12.2 Å². The molecule has 0 amide bonds. The van der Waals surface area contributed by atoms with Crippen LogP contribution >= 0.6 is 0 Å². The minimum atomic E-state index is 0.577. The van der Waals surface area contributed by atoms with E-state index in [1.165, 1.54) is 31.2 Å². The maximum absolute atomic E-state index is 5.61. The fraction of sp³-hybridized carbons (Fsp3) is 0.524. The van der Waals surface area contributed by atoms with Crippen LogP contribution in [0.5, 0.6) is 0 Å². The first-order valence-corrected chi connectivity index (χ1v) is 9.82. The van der Waals surface area contributed by atoms with Gasteiger partial charge < -0.3 is 20.0 Å². The van der Waals surface area contributed by atoms with Crippen LogP contribution in [-0.2, 0) is 6.54 Å². The zero-order valence-corrected chi connectivity index (χ0v) is 16.7. The number of aliphatic imine (C=N–C) groups is 1. The normalized spacial score (nSPS) is 15.5. The smallest absolute Gasteiger partial charge is 0.226 e. The van der Waals surface area contributed by atoms with Gasteiger partial charge >= 0.3 is 0 Å². The van der Waals surface area contributed by atoms with E-state index in [9.17, 15) is 0 Å². The summed E-state index contributed by atoms with van der Waals surface area (Å²) in [5, 5.41) is 6.68. The Bertz CT molecular complexity index is 731. The number of benzene rings is 1. The molecule has 1 aromatic carbocycles. The summed E-state index contributed by atoms with van der Waals surface area (Å²) < 4.78 is 5.61. The minimum Gasteiger partial charge on any atom is -0.444 e. The molecule has 1 aliphatic carbocycles. The van der Waals surface area contributed by atoms with Gasteiger partial charge in [0.25, 0.3) is 0 Å². The van der Waals surface area contributed by atoms with Gasteiger partial charge in [-0.25, -0.2) is 4.98 Å². The first-order chi connectivity index (χ1) is 13.2. The largest absolute Gasteiger partial charge is 0.444 e. The molecule has 0 aliphatic heterocycles. The van der Waals surface area contributed by atoms with Gasteiger partial charge in [0.2, 0.25) is 5.89 Å². The van der Waals surface area contributed by atoms with E-state index in [1.807, 2.05) is 12.1 Å². The molecule has 0 atom stereocenters. The molecule has 1 saturated carbocycles. The molecule has 6 heteroatoms. The molecule has 0 bridgehead atoms. The van der Waals surface area contributed by atoms with Crippen LogP contribution in [-0.4, -0.2) is 49.1 Å². The Morgan fingerprint density at radius 2 is 1.96 bits per heavy atom. The number of nitrogens with zero attached hydrogens (tertiary/aromatic N) is 3. The van der Waals surface area contributed by atoms with Crippen LogP contribution in [0.2, 0.25) is 0 Å². The molecular weight excluding hydrogens is 338 g/mol. The van der Waals surface area contributed by atoms with Gasteiger partial charge in [-0.05, 0) is 38.9 Å². The molecule has 1 heterocycles. The summed E-state index contributed by atoms with van der Waals surface area (Å²) in [5.74, 6) is 1.43. The Kier molecular flexibility index (Phi) is 6.87. The molecule has 2 N–H and O–H groups in total. The topological polar surface area (TPSA) is 65.7 Å². The van der Waals surface area contributed by atoms with Crippen molar-refractivity contribution in [3.63, 3.8) is 0 Å². The van der Waals surface area contributed by atoms with Crippen molar-refractivity contribution in [3.05, 3.63) is 41.8 Å². The molecule has 2 aromatic rings. The number of likely N-dealkylation sites (N-methyl/N-ethyl adjacent to an activating group) is 1. The van der Waals surface area contributed by atoms with Crippen molar-refractivity contribution in [1.82, 2.24) is 20.5 Å². The van der Waals surface area contributed by atoms with Crippen LogP contribution in [0, 0.1) is 6.92 Å². The van der Waals surface area contributed by atoms with E-state index in [0.29, 0.717) is 12.4 Å². The number of aromatic nitrogens is 1. The van der Waals surface area contributed by atoms with E-state index in [1.54, 1.807) is 13.3 Å². The van der Waals surface area contributed by atoms with E-state index in [2.05, 4.69) is 51.6 Å². The second-order valence-electron chi connectivity index (χ2n) is 7.28. The maximum atomic E-state index is 5.61. The molecule has 3 rings (SSSR count). The second kappa shape index (κ2) is 9.55. The molecule has 0 radical (unpaired) electrons. The molecule has 0 unspecified atom stereocenters. The van der Waals surface area contributed by atoms with Gasteiger partial charge in [0.1, 0.15) is 6.26 Å². The molecule has 0 saturated heterocycles. The number of nitrogens with one attached hydrogen (secondary N) is 2. The van der Waals surface area contributed by atoms with Crippen molar-refractivity contribution in [2.75, 3.05) is 27.2 Å². The highest BCUT2D eigenvalue weighted by Gasteiger charge is 2.18. The molecule has 1 fully saturated rings. The Morgan fingerprint density at radius 1 is 1.22 bits per heavy atom. The summed E-state index contributed by atoms with van der Waals surface area (Å²) in [6, 6.07) is 8.92. The Labute approximate surface area is 162 Å². The summed E-state index contributed by atoms with van der Waals surface area (Å²) in [7, 11) is 4.01. The highest BCUT2D eigenvalue weighted by atomic mass is 16.3. The first-order valence-electron chi connectivity index (χ1n) is 9.82. The molecular formula is C21H31N5O. The third-order valence-corrected chi connectivity index (χ3v) is 5.22. The zero-order valence-electron chi connectivity index (χ0n) is 16.7. The van der Waals surface area contributed by atoms with Crippen molar-refractivity contribution in [2.45, 2.75) is 45.2 Å². The first kappa shape index (κ1) is 19.4. The molecule has 27 heavy (non-hydrogen) atoms. The Morgan fingerprint density at radius 3 is 2.67 bits per heavy atom. The standard InChI is InChI=1S/C21H31N5O/c1-16-8-10-17(11-9-16)20-25-18(15-27-20)14-24-21(22-2)23-12-13-26(3)19-6-4-5-7-19/h8-11,15,19H,4-7,12-14H2,1-3H3,(H2,22,23,24). The van der Waals surface area contributed by atoms with Gasteiger partial charge in [0, 0.05) is 31.7 Å². The lowest BCUT2D eigenvalue weighted by atomic mass is 10.1. The summed E-state index contributed by atoms with van der Waals surface area (Å²) in [4.78, 5) is 11.3. The Balaban J connectivity index is 1.43. The van der Waals surface area contributed by atoms with Crippen molar-refractivity contribution in [3.8, 4) is 11.5 Å². The monoisotopic (exact) mass is 369 g/mol. The summed E-state index contributed by atoms with van der Waals surface area (Å²) in [6.45, 7) is 4.54. The third kappa shape index (κ3) is 5.57. The third-order valence-electron chi connectivity index (χ3n) is 5.22. The second-order valence-corrected chi connectivity index (χ2v) is 7.28. The van der Waals surface area contributed by atoms with Gasteiger partial charge in [0.15, 0.2) is 5.96 Å². The lowest BCUT2D eigenvalue weighted by Gasteiger charge is -2.24. The fourth-order valence-corrected chi connectivity index (χ4v) is 3.49. The number of oxazole rings is 1. The summed E-state index contributed by atoms with van der Waals surface area (Å²) in [5.41, 5.74) is 3.07. The molecule has 1 aromatic heterocycles. The fourth-order valence-electron chi connectivity index (χ4n) is 3.49. The highest BCUT2D eigenvalue weighted by molar-refractivity contribution is 5.79. The van der Waals surface area contributed by atoms with E-state index in [-0.39, 0.29) is 0 Å². The maximum Gasteiger partial charge on any atom is 0.226 e. The highest BCUT2D eigenvalue weighted by Crippen LogP contribution is 2.22. The zero-order chi connectivity index (χ0) is 19.1. The average Bonchev–Trinajstić information content (AvgIpc) is 3.37. The van der Waals surface area contributed by atoms with E-state index < -0.39 is 0 Å². The number of hydrogen-bond donors (Lipinski definition) is 2. The SMILES string of the molecule is CN=C(NCCN(C)C1CCCC1)NCc1coc(-c2ccc(C)cc2)n1. The van der Waals surface area contributed by atoms with Crippen LogP contribution < -0.4 is 10.6 Å². The number of rotatable bonds is 7. The minimum absolute atomic E-state index is 0.577. The van der Waals surface area contributed by atoms with Crippen LogP contribution in [0.4, 0.5) is 0 Å². The lowest BCUT2D eigenvalue weighted by molar-refractivity contribution is 0.249. The van der Waals surface area contributed by atoms with Crippen molar-refractivity contribution in [2.24, 2.45) is 4.99 Å². The van der Waals surface area contributed by atoms with E-state index in [0.717, 1.165) is 36.3 Å². The predicted molar refractivity (Wildman–Crippen MR) is 110 cm³/mol. The summed E-state index contributed by atoms with van der Waals surface area (Å²) in [6.07, 6.45) is 7.10. The van der Waals surface area contributed by atoms with Gasteiger partial charge in [-0.1, -0.05) is 30.5 Å². The van der Waals surface area contributed by atoms with Crippen LogP contribution in [0.25, 0.3) is 11.5 Å². The molecule has 6 nitrogen and oxygen atoms in total.